The van der Waals surface area contributed by atoms with Crippen molar-refractivity contribution in [1.29, 1.82) is 0 Å². The summed E-state index contributed by atoms with van der Waals surface area (Å²) in [6.45, 7) is -2.02. The molecule has 0 radical (unpaired) electrons. The van der Waals surface area contributed by atoms with E-state index in [1.165, 1.54) is 6.92 Å². The summed E-state index contributed by atoms with van der Waals surface area (Å²) in [5.41, 5.74) is 3.78. The summed E-state index contributed by atoms with van der Waals surface area (Å²) < 4.78 is 0. The molecule has 1 amide bonds. The van der Waals surface area contributed by atoms with E-state index in [0.29, 0.717) is 0 Å². The zero-order valence-electron chi connectivity index (χ0n) is 4.85. The van der Waals surface area contributed by atoms with Gasteiger partial charge in [0.2, 0.25) is 5.66 Å². The number of nitrogens with two attached hydrogens (primary N) is 1. The van der Waals surface area contributed by atoms with E-state index in [0.717, 1.165) is 0 Å². The number of hydrogen-bond acceptors (Lipinski definition) is 4. The van der Waals surface area contributed by atoms with Crippen molar-refractivity contribution in [1.82, 2.24) is 0 Å². The van der Waals surface area contributed by atoms with Crippen LogP contribution in [0.5, 0.6) is 0 Å². The van der Waals surface area contributed by atoms with E-state index in [2.05, 4.69) is 12.2 Å². The highest BCUT2D eigenvalue weighted by Gasteiger charge is 2.40. The van der Waals surface area contributed by atoms with Crippen molar-refractivity contribution in [3.8, 4) is 0 Å². The van der Waals surface area contributed by atoms with Crippen molar-refractivity contribution in [3.63, 3.8) is 0 Å². The predicted molar refractivity (Wildman–Crippen MR) is 39.0 cm³/mol. The van der Waals surface area contributed by atoms with Crippen LogP contribution in [0.15, 0.2) is 0 Å². The van der Waals surface area contributed by atoms with E-state index in [9.17, 15) is 4.79 Å². The minimum Gasteiger partial charge on any atom is -0.366 e. The van der Waals surface area contributed by atoms with Gasteiger partial charge in [0, 0.05) is 0 Å². The molecule has 6 heteroatoms. The van der Waals surface area contributed by atoms with Crippen LogP contribution >= 0.6 is 19.2 Å². The molecular weight excluding hydrogens is 161 g/mol. The van der Waals surface area contributed by atoms with Crippen molar-refractivity contribution in [2.24, 2.45) is 5.73 Å². The fraction of sp³-hybridized carbons (Fsp3) is 0.667. The van der Waals surface area contributed by atoms with Crippen molar-refractivity contribution in [3.05, 3.63) is 0 Å². The van der Waals surface area contributed by atoms with Crippen LogP contribution in [-0.4, -0.2) is 21.4 Å². The average Bonchev–Trinajstić information content (AvgIpc) is 1.62. The maximum atomic E-state index is 10.2. The molecule has 0 aliphatic carbocycles. The van der Waals surface area contributed by atoms with Crippen molar-refractivity contribution in [2.45, 2.75) is 12.6 Å². The second kappa shape index (κ2) is 2.84. The molecule has 0 saturated carbocycles. The number of carbonyl (C=O) groups excluding carboxylic acids is 1. The smallest absolute Gasteiger partial charge is 0.336 e. The summed E-state index contributed by atoms with van der Waals surface area (Å²) >= 11 is 3.41. The summed E-state index contributed by atoms with van der Waals surface area (Å²) in [5, 5.41) is 0. The van der Waals surface area contributed by atoms with Crippen LogP contribution in [0.25, 0.3) is 0 Å². The number of primary amides is 1. The van der Waals surface area contributed by atoms with Crippen LogP contribution in [0.3, 0.4) is 0 Å². The van der Waals surface area contributed by atoms with Crippen molar-refractivity contribution < 1.29 is 14.6 Å². The highest BCUT2D eigenvalue weighted by atomic mass is 32.7. The van der Waals surface area contributed by atoms with E-state index in [1.54, 1.807) is 0 Å². The van der Waals surface area contributed by atoms with Gasteiger partial charge >= 0.3 is 6.92 Å². The first-order chi connectivity index (χ1) is 3.85. The van der Waals surface area contributed by atoms with Crippen LogP contribution in [0.1, 0.15) is 6.92 Å². The highest BCUT2D eigenvalue weighted by molar-refractivity contribution is 8.49. The molecule has 0 saturated heterocycles. The summed E-state index contributed by atoms with van der Waals surface area (Å²) in [5.74, 6) is -0.747. The van der Waals surface area contributed by atoms with Gasteiger partial charge in [-0.1, -0.05) is 0 Å². The number of thiol groups is 1. The molecule has 0 bridgehead atoms. The van der Waals surface area contributed by atoms with Gasteiger partial charge in [0.25, 0.3) is 5.91 Å². The average molecular weight is 170 g/mol. The Morgan fingerprint density at radius 1 is 1.78 bits per heavy atom. The standard InChI is InChI=1S/C3H8NO3PS/c1-2(3(4)5)8(6,7)9/h2,6-7,9H,1H3,(H-,4,5)/p+1. The van der Waals surface area contributed by atoms with E-state index >= 15 is 0 Å². The fourth-order valence-corrected chi connectivity index (χ4v) is 0.854. The van der Waals surface area contributed by atoms with Gasteiger partial charge in [0.05, 0.1) is 12.2 Å². The molecular formula is C3H9NO3PS+. The van der Waals surface area contributed by atoms with Gasteiger partial charge in [-0.3, -0.25) is 4.79 Å². The molecule has 0 spiro atoms. The van der Waals surface area contributed by atoms with Gasteiger partial charge in [-0.15, -0.1) is 0 Å². The summed E-state index contributed by atoms with van der Waals surface area (Å²) in [7, 11) is 0. The molecule has 0 fully saturated rings. The Morgan fingerprint density at radius 2 is 2.11 bits per heavy atom. The molecule has 4 N–H and O–H groups in total. The molecule has 0 aromatic carbocycles. The van der Waals surface area contributed by atoms with Gasteiger partial charge in [-0.05, 0) is 6.92 Å². The lowest BCUT2D eigenvalue weighted by Crippen LogP contribution is -2.26. The van der Waals surface area contributed by atoms with Gasteiger partial charge in [0.15, 0.2) is 0 Å². The number of carbonyl (C=O) groups is 1. The molecule has 0 aliphatic heterocycles. The minimum absolute atomic E-state index is 0.747. The van der Waals surface area contributed by atoms with E-state index in [-0.39, 0.29) is 0 Å². The van der Waals surface area contributed by atoms with E-state index in [1.807, 2.05) is 0 Å². The largest absolute Gasteiger partial charge is 0.366 e. The molecule has 0 aromatic heterocycles. The normalized spacial score (nSPS) is 15.1. The van der Waals surface area contributed by atoms with Gasteiger partial charge in [0.1, 0.15) is 0 Å². The third-order valence-electron chi connectivity index (χ3n) is 0.931. The molecule has 0 rings (SSSR count). The predicted octanol–water partition coefficient (Wildman–Crippen LogP) is -0.463. The molecule has 0 aromatic rings. The lowest BCUT2D eigenvalue weighted by atomic mass is 10.5. The Labute approximate surface area is 58.7 Å². The van der Waals surface area contributed by atoms with Crippen molar-refractivity contribution >= 4 is 25.1 Å². The maximum absolute atomic E-state index is 10.2. The zero-order chi connectivity index (χ0) is 7.65. The SMILES string of the molecule is CC(C(N)=O)[P+](O)(O)S. The third-order valence-corrected chi connectivity index (χ3v) is 3.26. The fourth-order valence-electron chi connectivity index (χ4n) is 0.171. The number of rotatable bonds is 2. The number of amides is 1. The second-order valence-electron chi connectivity index (χ2n) is 1.69. The molecule has 9 heavy (non-hydrogen) atoms. The maximum Gasteiger partial charge on any atom is 0.336 e. The summed E-state index contributed by atoms with van der Waals surface area (Å²) in [6, 6.07) is 0. The Hall–Kier alpha value is 0.170. The Bertz CT molecular complexity index is 123. The lowest BCUT2D eigenvalue weighted by Gasteiger charge is -2.08. The monoisotopic (exact) mass is 170 g/mol. The topological polar surface area (TPSA) is 83.6 Å². The minimum atomic E-state index is -3.34. The Kier molecular flexibility index (Phi) is 2.89. The quantitative estimate of drug-likeness (QED) is 0.334. The molecule has 1 atom stereocenters. The van der Waals surface area contributed by atoms with Crippen LogP contribution < -0.4 is 5.73 Å². The van der Waals surface area contributed by atoms with E-state index < -0.39 is 18.5 Å². The summed E-state index contributed by atoms with van der Waals surface area (Å²) in [4.78, 5) is 27.6. The third kappa shape index (κ3) is 3.01. The first kappa shape index (κ1) is 9.17. The van der Waals surface area contributed by atoms with Crippen molar-refractivity contribution in [2.75, 3.05) is 0 Å². The van der Waals surface area contributed by atoms with Crippen LogP contribution in [0, 0.1) is 0 Å². The first-order valence-corrected chi connectivity index (χ1v) is 5.13. The Balaban J connectivity index is 4.04. The van der Waals surface area contributed by atoms with Gasteiger partial charge in [-0.2, -0.15) is 0 Å². The number of hydrogen-bond donors (Lipinski definition) is 4. The zero-order valence-corrected chi connectivity index (χ0v) is 6.64. The van der Waals surface area contributed by atoms with Gasteiger partial charge < -0.3 is 5.73 Å². The molecule has 54 valence electrons. The van der Waals surface area contributed by atoms with Gasteiger partial charge in [-0.25, -0.2) is 9.79 Å². The summed E-state index contributed by atoms with van der Waals surface area (Å²) in [6.07, 6.45) is 0. The highest BCUT2D eigenvalue weighted by Crippen LogP contribution is 2.59. The second-order valence-corrected chi connectivity index (χ2v) is 5.46. The first-order valence-electron chi connectivity index (χ1n) is 2.22. The lowest BCUT2D eigenvalue weighted by molar-refractivity contribution is -0.117. The molecule has 4 nitrogen and oxygen atoms in total. The molecule has 0 aliphatic rings. The Morgan fingerprint density at radius 3 is 2.11 bits per heavy atom. The van der Waals surface area contributed by atoms with Crippen LogP contribution in [-0.2, 0) is 4.79 Å². The molecule has 1 unspecified atom stereocenters. The molecule has 0 heterocycles. The van der Waals surface area contributed by atoms with Crippen LogP contribution in [0.2, 0.25) is 0 Å². The van der Waals surface area contributed by atoms with E-state index in [4.69, 9.17) is 15.5 Å². The van der Waals surface area contributed by atoms with Crippen LogP contribution in [0.4, 0.5) is 0 Å².